The number of hydrogen-bond donors (Lipinski definition) is 0. The molecule has 1 aliphatic carbocycles. The van der Waals surface area contributed by atoms with Gasteiger partial charge in [-0.2, -0.15) is 0 Å². The molecule has 3 nitrogen and oxygen atoms in total. The summed E-state index contributed by atoms with van der Waals surface area (Å²) in [6.45, 7) is 2.16. The molecule has 0 aromatic heterocycles. The smallest absolute Gasteiger partial charge is 0.255 e. The van der Waals surface area contributed by atoms with Gasteiger partial charge in [0.05, 0.1) is 22.9 Å². The van der Waals surface area contributed by atoms with Crippen LogP contribution >= 0.6 is 0 Å². The van der Waals surface area contributed by atoms with Crippen molar-refractivity contribution < 1.29 is 16.9 Å². The molecule has 0 N–H and O–H groups in total. The Hall–Kier alpha value is -2.37. The van der Waals surface area contributed by atoms with Gasteiger partial charge in [-0.25, -0.2) is 8.42 Å². The third kappa shape index (κ3) is 3.75. The van der Waals surface area contributed by atoms with Gasteiger partial charge < -0.3 is 4.55 Å². The third-order valence-corrected chi connectivity index (χ3v) is 4.04. The van der Waals surface area contributed by atoms with E-state index in [0.29, 0.717) is 0 Å². The van der Waals surface area contributed by atoms with E-state index in [4.69, 9.17) is 13.0 Å². The van der Waals surface area contributed by atoms with E-state index >= 15 is 0 Å². The van der Waals surface area contributed by atoms with Crippen LogP contribution in [0.1, 0.15) is 27.8 Å². The van der Waals surface area contributed by atoms with Crippen LogP contribution in [0, 0.1) is 13.3 Å². The lowest BCUT2D eigenvalue weighted by molar-refractivity contribution is 0.417. The van der Waals surface area contributed by atoms with Crippen molar-refractivity contribution in [3.8, 4) is 0 Å². The van der Waals surface area contributed by atoms with Gasteiger partial charge in [-0.1, -0.05) is 6.07 Å². The van der Waals surface area contributed by atoms with Crippen molar-refractivity contribution in [2.75, 3.05) is 0 Å². The Morgan fingerprint density at radius 3 is 2.46 bits per heavy atom. The average molecular weight is 342 g/mol. The zero-order chi connectivity index (χ0) is 17.3. The minimum atomic E-state index is -5.42. The maximum Gasteiger partial charge on any atom is 0.255 e. The SMILES string of the molecule is Cc1ccc2ccc3c(c2c1)[CH+]c1ccccc1C3.O=S(=O)([O-])F. The molecule has 0 radical (unpaired) electrons. The van der Waals surface area contributed by atoms with Crippen LogP contribution in [0.15, 0.2) is 54.6 Å². The van der Waals surface area contributed by atoms with Crippen molar-refractivity contribution in [2.45, 2.75) is 13.3 Å². The van der Waals surface area contributed by atoms with Crippen LogP contribution in [-0.4, -0.2) is 13.0 Å². The Labute approximate surface area is 140 Å². The van der Waals surface area contributed by atoms with Crippen molar-refractivity contribution in [1.29, 1.82) is 0 Å². The third-order valence-electron chi connectivity index (χ3n) is 4.04. The number of halogens is 1. The predicted octanol–water partition coefficient (Wildman–Crippen LogP) is 4.07. The quantitative estimate of drug-likeness (QED) is 0.275. The van der Waals surface area contributed by atoms with Crippen LogP contribution in [0.5, 0.6) is 0 Å². The Bertz CT molecular complexity index is 1000. The fraction of sp³-hybridized carbons (Fsp3) is 0.105. The first-order valence-corrected chi connectivity index (χ1v) is 8.72. The van der Waals surface area contributed by atoms with Gasteiger partial charge in [0.15, 0.2) is 0 Å². The monoisotopic (exact) mass is 342 g/mol. The maximum atomic E-state index is 10.1. The van der Waals surface area contributed by atoms with E-state index in [9.17, 15) is 3.89 Å². The van der Waals surface area contributed by atoms with Crippen LogP contribution < -0.4 is 0 Å². The second kappa shape index (κ2) is 6.26. The van der Waals surface area contributed by atoms with Gasteiger partial charge in [0.1, 0.15) is 0 Å². The van der Waals surface area contributed by atoms with E-state index in [1.54, 1.807) is 0 Å². The lowest BCUT2D eigenvalue weighted by Crippen LogP contribution is -2.06. The Balaban J connectivity index is 0.000000300. The Kier molecular flexibility index (Phi) is 4.30. The highest BCUT2D eigenvalue weighted by Gasteiger charge is 2.23. The van der Waals surface area contributed by atoms with Crippen molar-refractivity contribution >= 4 is 21.3 Å². The Morgan fingerprint density at radius 2 is 1.71 bits per heavy atom. The van der Waals surface area contributed by atoms with Gasteiger partial charge in [0.25, 0.3) is 10.5 Å². The summed E-state index contributed by atoms with van der Waals surface area (Å²) in [6, 6.07) is 19.9. The van der Waals surface area contributed by atoms with Crippen LogP contribution in [0.4, 0.5) is 3.89 Å². The summed E-state index contributed by atoms with van der Waals surface area (Å²) >= 11 is 0. The molecule has 122 valence electrons. The van der Waals surface area contributed by atoms with Crippen molar-refractivity contribution in [1.82, 2.24) is 0 Å². The molecule has 0 saturated carbocycles. The van der Waals surface area contributed by atoms with E-state index in [2.05, 4.69) is 67.9 Å². The molecule has 3 aromatic rings. The number of rotatable bonds is 0. The predicted molar refractivity (Wildman–Crippen MR) is 91.2 cm³/mol. The highest BCUT2D eigenvalue weighted by Crippen LogP contribution is 2.33. The van der Waals surface area contributed by atoms with Crippen LogP contribution in [-0.2, 0) is 16.9 Å². The summed E-state index contributed by atoms with van der Waals surface area (Å²) in [5, 5.41) is 2.71. The lowest BCUT2D eigenvalue weighted by Gasteiger charge is -2.14. The van der Waals surface area contributed by atoms with Crippen molar-refractivity contribution in [2.24, 2.45) is 0 Å². The topological polar surface area (TPSA) is 57.2 Å². The first-order chi connectivity index (χ1) is 11.3. The maximum absolute atomic E-state index is 10.1. The molecule has 24 heavy (non-hydrogen) atoms. The molecule has 0 fully saturated rings. The van der Waals surface area contributed by atoms with E-state index in [1.165, 1.54) is 38.6 Å². The van der Waals surface area contributed by atoms with Crippen LogP contribution in [0.2, 0.25) is 0 Å². The zero-order valence-corrected chi connectivity index (χ0v) is 13.8. The largest absolute Gasteiger partial charge is 0.722 e. The first-order valence-electron chi connectivity index (χ1n) is 7.41. The molecular formula is C19H15FO3S. The zero-order valence-electron chi connectivity index (χ0n) is 13.0. The molecule has 0 saturated heterocycles. The summed E-state index contributed by atoms with van der Waals surface area (Å²) in [7, 11) is -5.42. The summed E-state index contributed by atoms with van der Waals surface area (Å²) < 4.78 is 35.3. The summed E-state index contributed by atoms with van der Waals surface area (Å²) in [5.41, 5.74) is 6.97. The summed E-state index contributed by atoms with van der Waals surface area (Å²) in [5.74, 6) is 0. The molecular weight excluding hydrogens is 327 g/mol. The van der Waals surface area contributed by atoms with Gasteiger partial charge in [-0.15, -0.1) is 3.89 Å². The van der Waals surface area contributed by atoms with Crippen LogP contribution in [0.3, 0.4) is 0 Å². The summed E-state index contributed by atoms with van der Waals surface area (Å²) in [6.07, 6.45) is 3.39. The molecule has 0 amide bonds. The fourth-order valence-corrected chi connectivity index (χ4v) is 3.02. The number of aryl methyl sites for hydroxylation is 1. The van der Waals surface area contributed by atoms with E-state index < -0.39 is 10.5 Å². The van der Waals surface area contributed by atoms with Gasteiger partial charge in [-0.05, 0) is 55.0 Å². The molecule has 5 heteroatoms. The van der Waals surface area contributed by atoms with Crippen molar-refractivity contribution in [3.63, 3.8) is 0 Å². The first kappa shape index (κ1) is 16.5. The average Bonchev–Trinajstić information content (AvgIpc) is 2.51. The molecule has 0 atom stereocenters. The second-order valence-corrected chi connectivity index (χ2v) is 6.56. The van der Waals surface area contributed by atoms with Gasteiger partial charge >= 0.3 is 0 Å². The van der Waals surface area contributed by atoms with E-state index in [-0.39, 0.29) is 0 Å². The normalized spacial score (nSPS) is 12.5. The molecule has 0 aliphatic heterocycles. The minimum Gasteiger partial charge on any atom is -0.722 e. The standard InChI is InChI=1S/C19H15.FHO3S/c1-13-6-7-14-8-9-17-11-15-4-2-3-5-16(15)12-19(17)18(14)10-13;1-5(2,3)4/h2-10,12H,11H2,1H3;(H,2,3,4)/q+1;/p-1. The molecule has 0 bridgehead atoms. The highest BCUT2D eigenvalue weighted by atomic mass is 32.3. The summed E-state index contributed by atoms with van der Waals surface area (Å²) in [4.78, 5) is 0. The molecule has 3 aromatic carbocycles. The van der Waals surface area contributed by atoms with Crippen LogP contribution in [0.25, 0.3) is 10.8 Å². The van der Waals surface area contributed by atoms with Gasteiger partial charge in [0, 0.05) is 29.0 Å². The number of fused-ring (bicyclic) bond motifs is 4. The van der Waals surface area contributed by atoms with E-state index in [1.807, 2.05) is 0 Å². The molecule has 0 spiro atoms. The van der Waals surface area contributed by atoms with Crippen molar-refractivity contribution in [3.05, 3.63) is 88.8 Å². The molecule has 0 unspecified atom stereocenters. The second-order valence-electron chi connectivity index (χ2n) is 5.78. The number of hydrogen-bond acceptors (Lipinski definition) is 3. The fourth-order valence-electron chi connectivity index (χ4n) is 3.02. The van der Waals surface area contributed by atoms with Gasteiger partial charge in [0.2, 0.25) is 0 Å². The lowest BCUT2D eigenvalue weighted by atomic mass is 9.83. The molecule has 4 rings (SSSR count). The molecule has 0 heterocycles. The Morgan fingerprint density at radius 1 is 1.04 bits per heavy atom. The van der Waals surface area contributed by atoms with Gasteiger partial charge in [-0.3, -0.25) is 0 Å². The molecule has 1 aliphatic rings. The van der Waals surface area contributed by atoms with E-state index in [0.717, 1.165) is 6.42 Å². The highest BCUT2D eigenvalue weighted by molar-refractivity contribution is 7.80. The number of benzene rings is 3. The minimum absolute atomic E-state index is 1.05.